The molecule has 1 atom stereocenters. The number of alkyl halides is 1. The van der Waals surface area contributed by atoms with Crippen LogP contribution in [0.25, 0.3) is 0 Å². The molecule has 0 bridgehead atoms. The lowest BCUT2D eigenvalue weighted by atomic mass is 10.0. The van der Waals surface area contributed by atoms with E-state index in [9.17, 15) is 4.79 Å². The molecule has 0 aliphatic carbocycles. The third kappa shape index (κ3) is 3.81. The zero-order chi connectivity index (χ0) is 9.68. The molecule has 0 amide bonds. The molecule has 0 radical (unpaired) electrons. The van der Waals surface area contributed by atoms with Gasteiger partial charge in [0.1, 0.15) is 0 Å². The van der Waals surface area contributed by atoms with Crippen LogP contribution < -0.4 is 0 Å². The highest BCUT2D eigenvalue weighted by atomic mass is 127. The number of hydrogen-bond acceptors (Lipinski definition) is 3. The Labute approximate surface area is 92.3 Å². The topological polar surface area (TPSA) is 35.5 Å². The normalized spacial score (nSPS) is 21.1. The number of halogens is 1. The van der Waals surface area contributed by atoms with Crippen LogP contribution in [-0.2, 0) is 14.3 Å². The molecule has 0 aromatic heterocycles. The molecule has 1 aliphatic heterocycles. The summed E-state index contributed by atoms with van der Waals surface area (Å²) in [4.78, 5) is 11.5. The molecule has 0 aromatic rings. The summed E-state index contributed by atoms with van der Waals surface area (Å²) in [7, 11) is 0. The van der Waals surface area contributed by atoms with E-state index in [2.05, 4.69) is 22.6 Å². The Morgan fingerprint density at radius 1 is 1.62 bits per heavy atom. The highest BCUT2D eigenvalue weighted by Gasteiger charge is 2.24. The number of carbonyl (C=O) groups is 1. The van der Waals surface area contributed by atoms with Crippen molar-refractivity contribution in [3.63, 3.8) is 0 Å². The number of rotatable bonds is 3. The molecule has 1 aliphatic rings. The van der Waals surface area contributed by atoms with E-state index in [1.54, 1.807) is 0 Å². The molecule has 4 heteroatoms. The predicted molar refractivity (Wildman–Crippen MR) is 57.7 cm³/mol. The smallest absolute Gasteiger partial charge is 0.310 e. The van der Waals surface area contributed by atoms with E-state index in [0.717, 1.165) is 19.3 Å². The van der Waals surface area contributed by atoms with Crippen molar-refractivity contribution < 1.29 is 14.3 Å². The summed E-state index contributed by atoms with van der Waals surface area (Å²) in [6.07, 6.45) is 2.49. The van der Waals surface area contributed by atoms with E-state index in [1.165, 1.54) is 0 Å². The second-order valence-corrected chi connectivity index (χ2v) is 4.53. The Hall–Kier alpha value is 0.160. The molecule has 0 spiro atoms. The zero-order valence-corrected chi connectivity index (χ0v) is 9.95. The zero-order valence-electron chi connectivity index (χ0n) is 7.79. The van der Waals surface area contributed by atoms with Crippen molar-refractivity contribution in [1.82, 2.24) is 0 Å². The predicted octanol–water partition coefficient (Wildman–Crippen LogP) is 2.13. The Bertz CT molecular complexity index is 166. The fourth-order valence-corrected chi connectivity index (χ4v) is 1.49. The molecule has 0 saturated carbocycles. The molecule has 1 heterocycles. The lowest BCUT2D eigenvalue weighted by molar-refractivity contribution is -0.152. The van der Waals surface area contributed by atoms with Crippen LogP contribution in [0.1, 0.15) is 26.2 Å². The van der Waals surface area contributed by atoms with Gasteiger partial charge in [-0.1, -0.05) is 6.92 Å². The van der Waals surface area contributed by atoms with Crippen molar-refractivity contribution in [2.45, 2.75) is 30.3 Å². The van der Waals surface area contributed by atoms with Crippen molar-refractivity contribution in [2.24, 2.45) is 5.92 Å². The molecule has 0 aromatic carbocycles. The van der Waals surface area contributed by atoms with Crippen molar-refractivity contribution in [3.05, 3.63) is 0 Å². The first-order valence-electron chi connectivity index (χ1n) is 4.66. The van der Waals surface area contributed by atoms with Crippen LogP contribution in [0.4, 0.5) is 0 Å². The molecule has 13 heavy (non-hydrogen) atoms. The van der Waals surface area contributed by atoms with Gasteiger partial charge in [-0.25, -0.2) is 0 Å². The van der Waals surface area contributed by atoms with E-state index in [4.69, 9.17) is 9.47 Å². The molecular formula is C9H15IO3. The summed E-state index contributed by atoms with van der Waals surface area (Å²) in [6.45, 7) is 3.39. The number of ether oxygens (including phenoxy) is 2. The van der Waals surface area contributed by atoms with Gasteiger partial charge in [-0.2, -0.15) is 0 Å². The molecule has 1 fully saturated rings. The third-order valence-corrected chi connectivity index (χ3v) is 3.25. The van der Waals surface area contributed by atoms with E-state index in [0.29, 0.717) is 13.2 Å². The monoisotopic (exact) mass is 298 g/mol. The number of carbonyl (C=O) groups excluding carboxylic acids is 1. The van der Waals surface area contributed by atoms with Crippen molar-refractivity contribution in [1.29, 1.82) is 0 Å². The molecule has 76 valence electrons. The Kier molecular flexibility index (Phi) is 5.01. The lowest BCUT2D eigenvalue weighted by Crippen LogP contribution is -2.26. The van der Waals surface area contributed by atoms with Gasteiger partial charge in [-0.3, -0.25) is 4.79 Å². The van der Waals surface area contributed by atoms with Gasteiger partial charge in [0.2, 0.25) is 0 Å². The fourth-order valence-electron chi connectivity index (χ4n) is 1.24. The Balaban J connectivity index is 2.29. The summed E-state index contributed by atoms with van der Waals surface area (Å²) >= 11 is 2.14. The summed E-state index contributed by atoms with van der Waals surface area (Å²) in [5, 5.41) is 0. The molecule has 3 nitrogen and oxygen atoms in total. The van der Waals surface area contributed by atoms with Gasteiger partial charge in [0.15, 0.2) is 4.11 Å². The second-order valence-electron chi connectivity index (χ2n) is 3.14. The van der Waals surface area contributed by atoms with Gasteiger partial charge in [0.25, 0.3) is 0 Å². The number of esters is 1. The molecule has 1 unspecified atom stereocenters. The van der Waals surface area contributed by atoms with E-state index in [-0.39, 0.29) is 16.0 Å². The molecule has 1 rings (SSSR count). The lowest BCUT2D eigenvalue weighted by Gasteiger charge is -2.21. The first kappa shape index (κ1) is 11.2. The van der Waals surface area contributed by atoms with Crippen LogP contribution in [0.15, 0.2) is 0 Å². The fraction of sp³-hybridized carbons (Fsp3) is 0.889. The quantitative estimate of drug-likeness (QED) is 0.455. The second kappa shape index (κ2) is 5.80. The van der Waals surface area contributed by atoms with E-state index >= 15 is 0 Å². The summed E-state index contributed by atoms with van der Waals surface area (Å²) in [5.74, 6) is 0.0158. The number of hydrogen-bond donors (Lipinski definition) is 0. The summed E-state index contributed by atoms with van der Waals surface area (Å²) in [6, 6.07) is 0. The minimum atomic E-state index is -0.0513. The molecular weight excluding hydrogens is 283 g/mol. The summed E-state index contributed by atoms with van der Waals surface area (Å²) < 4.78 is 10.4. The van der Waals surface area contributed by atoms with Crippen LogP contribution in [0.3, 0.4) is 0 Å². The van der Waals surface area contributed by atoms with E-state index < -0.39 is 0 Å². The average molecular weight is 298 g/mol. The highest BCUT2D eigenvalue weighted by Crippen LogP contribution is 2.19. The van der Waals surface area contributed by atoms with Gasteiger partial charge in [-0.15, -0.1) is 0 Å². The van der Waals surface area contributed by atoms with Gasteiger partial charge in [0.05, 0.1) is 5.92 Å². The first-order chi connectivity index (χ1) is 6.24. The van der Waals surface area contributed by atoms with Gasteiger partial charge in [-0.05, 0) is 41.9 Å². The Morgan fingerprint density at radius 2 is 2.23 bits per heavy atom. The first-order valence-corrected chi connectivity index (χ1v) is 5.91. The maximum atomic E-state index is 11.5. The van der Waals surface area contributed by atoms with Crippen molar-refractivity contribution in [3.8, 4) is 0 Å². The third-order valence-electron chi connectivity index (χ3n) is 2.12. The highest BCUT2D eigenvalue weighted by molar-refractivity contribution is 14.1. The maximum absolute atomic E-state index is 11.5. The van der Waals surface area contributed by atoms with E-state index in [1.807, 2.05) is 6.92 Å². The largest absolute Gasteiger partial charge is 0.451 e. The van der Waals surface area contributed by atoms with Crippen LogP contribution in [-0.4, -0.2) is 23.3 Å². The minimum absolute atomic E-state index is 0.0212. The van der Waals surface area contributed by atoms with Crippen molar-refractivity contribution >= 4 is 28.6 Å². The Morgan fingerprint density at radius 3 is 2.77 bits per heavy atom. The maximum Gasteiger partial charge on any atom is 0.310 e. The minimum Gasteiger partial charge on any atom is -0.451 e. The van der Waals surface area contributed by atoms with Crippen LogP contribution in [0, 0.1) is 5.92 Å². The van der Waals surface area contributed by atoms with Crippen LogP contribution in [0.2, 0.25) is 0 Å². The SMILES string of the molecule is CCC(I)OC(=O)C1CCOCC1. The summed E-state index contributed by atoms with van der Waals surface area (Å²) in [5.41, 5.74) is 0. The molecule has 0 N–H and O–H groups in total. The van der Waals surface area contributed by atoms with Gasteiger partial charge >= 0.3 is 5.97 Å². The van der Waals surface area contributed by atoms with Crippen LogP contribution in [0.5, 0.6) is 0 Å². The van der Waals surface area contributed by atoms with Gasteiger partial charge in [0, 0.05) is 13.2 Å². The van der Waals surface area contributed by atoms with Crippen molar-refractivity contribution in [2.75, 3.05) is 13.2 Å². The average Bonchev–Trinajstić information content (AvgIpc) is 2.19. The van der Waals surface area contributed by atoms with Gasteiger partial charge < -0.3 is 9.47 Å². The van der Waals surface area contributed by atoms with Crippen LogP contribution >= 0.6 is 22.6 Å². The standard InChI is InChI=1S/C9H15IO3/c1-2-8(10)13-9(11)7-3-5-12-6-4-7/h7-8H,2-6H2,1H3. The molecule has 1 saturated heterocycles.